The molecule has 2 aromatic rings. The maximum atomic E-state index is 12.2. The molecule has 5 heteroatoms. The molecule has 0 spiro atoms. The molecule has 3 N–H and O–H groups in total. The lowest BCUT2D eigenvalue weighted by Crippen LogP contribution is -2.30. The van der Waals surface area contributed by atoms with Crippen LogP contribution in [0.3, 0.4) is 0 Å². The number of rotatable bonds is 5. The number of hydrogen-bond acceptors (Lipinski definition) is 4. The van der Waals surface area contributed by atoms with Crippen LogP contribution in [0.25, 0.3) is 10.2 Å². The molecular weight excluding hydrogens is 258 g/mol. The van der Waals surface area contributed by atoms with E-state index in [2.05, 4.69) is 24.1 Å². The first kappa shape index (κ1) is 14.0. The molecule has 1 unspecified atom stereocenters. The van der Waals surface area contributed by atoms with Crippen LogP contribution in [0.15, 0.2) is 23.7 Å². The maximum Gasteiger partial charge on any atom is 0.228 e. The lowest BCUT2D eigenvalue weighted by molar-refractivity contribution is -0.120. The van der Waals surface area contributed by atoms with E-state index in [1.54, 1.807) is 16.8 Å². The number of aromatic nitrogens is 1. The number of fused-ring (bicyclic) bond motifs is 1. The summed E-state index contributed by atoms with van der Waals surface area (Å²) in [6.07, 6.45) is 0.811. The number of anilines is 1. The Balaban J connectivity index is 2.08. The number of hydrogen-bond donors (Lipinski definition) is 2. The van der Waals surface area contributed by atoms with Gasteiger partial charge in [0.1, 0.15) is 0 Å². The van der Waals surface area contributed by atoms with E-state index in [1.807, 2.05) is 18.2 Å². The van der Waals surface area contributed by atoms with E-state index in [-0.39, 0.29) is 11.8 Å². The third-order valence-corrected chi connectivity index (χ3v) is 3.80. The van der Waals surface area contributed by atoms with Gasteiger partial charge in [-0.25, -0.2) is 4.98 Å². The molecule has 1 aromatic carbocycles. The monoisotopic (exact) mass is 277 g/mol. The van der Waals surface area contributed by atoms with Crippen LogP contribution in [-0.2, 0) is 4.79 Å². The number of thiazole rings is 1. The van der Waals surface area contributed by atoms with E-state index in [0.29, 0.717) is 12.5 Å². The molecule has 1 atom stereocenters. The largest absolute Gasteiger partial charge is 0.330 e. The van der Waals surface area contributed by atoms with Gasteiger partial charge in [0.15, 0.2) is 0 Å². The van der Waals surface area contributed by atoms with Crippen molar-refractivity contribution in [3.63, 3.8) is 0 Å². The fourth-order valence-electron chi connectivity index (χ4n) is 2.06. The smallest absolute Gasteiger partial charge is 0.228 e. The molecule has 1 heterocycles. The summed E-state index contributed by atoms with van der Waals surface area (Å²) in [6, 6.07) is 5.75. The minimum absolute atomic E-state index is 0.0000605. The van der Waals surface area contributed by atoms with E-state index in [1.165, 1.54) is 0 Å². The fourth-order valence-corrected chi connectivity index (χ4v) is 2.77. The van der Waals surface area contributed by atoms with Crippen LogP contribution in [0.1, 0.15) is 20.3 Å². The van der Waals surface area contributed by atoms with Crippen LogP contribution in [0, 0.1) is 11.8 Å². The number of amides is 1. The maximum absolute atomic E-state index is 12.2. The van der Waals surface area contributed by atoms with E-state index in [9.17, 15) is 4.79 Å². The van der Waals surface area contributed by atoms with Crippen molar-refractivity contribution in [2.24, 2.45) is 17.6 Å². The van der Waals surface area contributed by atoms with Gasteiger partial charge in [-0.3, -0.25) is 4.79 Å². The highest BCUT2D eigenvalue weighted by Crippen LogP contribution is 2.22. The number of benzene rings is 1. The lowest BCUT2D eigenvalue weighted by atomic mass is 9.96. The molecule has 0 fully saturated rings. The molecule has 0 aliphatic rings. The number of nitrogens with one attached hydrogen (secondary N) is 1. The van der Waals surface area contributed by atoms with Crippen LogP contribution >= 0.6 is 11.3 Å². The topological polar surface area (TPSA) is 68.0 Å². The SMILES string of the molecule is CC(C)CC(CN)C(=O)Nc1ccc2ncsc2c1. The predicted octanol–water partition coefficient (Wildman–Crippen LogP) is 2.86. The van der Waals surface area contributed by atoms with Crippen LogP contribution in [0.5, 0.6) is 0 Å². The Morgan fingerprint density at radius 3 is 2.95 bits per heavy atom. The van der Waals surface area contributed by atoms with Gasteiger partial charge in [0.25, 0.3) is 0 Å². The van der Waals surface area contributed by atoms with Crippen LogP contribution in [0.4, 0.5) is 5.69 Å². The van der Waals surface area contributed by atoms with E-state index in [0.717, 1.165) is 22.3 Å². The first-order valence-electron chi connectivity index (χ1n) is 6.44. The zero-order valence-electron chi connectivity index (χ0n) is 11.2. The number of carbonyl (C=O) groups excluding carboxylic acids is 1. The van der Waals surface area contributed by atoms with Gasteiger partial charge >= 0.3 is 0 Å². The summed E-state index contributed by atoms with van der Waals surface area (Å²) >= 11 is 1.57. The normalized spacial score (nSPS) is 12.8. The minimum atomic E-state index is -0.128. The Morgan fingerprint density at radius 1 is 1.47 bits per heavy atom. The van der Waals surface area contributed by atoms with Gasteiger partial charge in [-0.1, -0.05) is 13.8 Å². The summed E-state index contributed by atoms with van der Waals surface area (Å²) in [7, 11) is 0. The van der Waals surface area contributed by atoms with Gasteiger partial charge in [0.05, 0.1) is 21.6 Å². The average Bonchev–Trinajstić information content (AvgIpc) is 2.82. The van der Waals surface area contributed by atoms with Gasteiger partial charge < -0.3 is 11.1 Å². The fraction of sp³-hybridized carbons (Fsp3) is 0.429. The third-order valence-electron chi connectivity index (χ3n) is 3.01. The van der Waals surface area contributed by atoms with Crippen molar-refractivity contribution in [3.8, 4) is 0 Å². The molecule has 19 heavy (non-hydrogen) atoms. The van der Waals surface area contributed by atoms with Crippen molar-refractivity contribution < 1.29 is 4.79 Å². The van der Waals surface area contributed by atoms with Crippen molar-refractivity contribution >= 4 is 33.1 Å². The van der Waals surface area contributed by atoms with Gasteiger partial charge in [0.2, 0.25) is 5.91 Å². The highest BCUT2D eigenvalue weighted by Gasteiger charge is 2.18. The molecule has 0 bridgehead atoms. The van der Waals surface area contributed by atoms with Gasteiger partial charge in [-0.05, 0) is 30.5 Å². The minimum Gasteiger partial charge on any atom is -0.330 e. The Hall–Kier alpha value is -1.46. The van der Waals surface area contributed by atoms with Crippen molar-refractivity contribution in [1.82, 2.24) is 4.98 Å². The first-order chi connectivity index (χ1) is 9.10. The highest BCUT2D eigenvalue weighted by molar-refractivity contribution is 7.16. The van der Waals surface area contributed by atoms with Gasteiger partial charge in [0, 0.05) is 12.2 Å². The Morgan fingerprint density at radius 2 is 2.26 bits per heavy atom. The number of carbonyl (C=O) groups is 1. The highest BCUT2D eigenvalue weighted by atomic mass is 32.1. The van der Waals surface area contributed by atoms with Crippen molar-refractivity contribution in [2.75, 3.05) is 11.9 Å². The zero-order chi connectivity index (χ0) is 13.8. The molecular formula is C14H19N3OS. The summed E-state index contributed by atoms with van der Waals surface area (Å²) in [5.41, 5.74) is 9.25. The molecule has 4 nitrogen and oxygen atoms in total. The quantitative estimate of drug-likeness (QED) is 0.883. The molecule has 0 radical (unpaired) electrons. The first-order valence-corrected chi connectivity index (χ1v) is 7.32. The Bertz CT molecular complexity index is 565. The molecule has 0 aliphatic carbocycles. The molecule has 0 saturated heterocycles. The van der Waals surface area contributed by atoms with Crippen LogP contribution in [-0.4, -0.2) is 17.4 Å². The molecule has 0 saturated carbocycles. The van der Waals surface area contributed by atoms with Crippen molar-refractivity contribution in [2.45, 2.75) is 20.3 Å². The van der Waals surface area contributed by atoms with E-state index >= 15 is 0 Å². The van der Waals surface area contributed by atoms with Gasteiger partial charge in [-0.15, -0.1) is 11.3 Å². The summed E-state index contributed by atoms with van der Waals surface area (Å²) in [5.74, 6) is 0.334. The second kappa shape index (κ2) is 6.12. The summed E-state index contributed by atoms with van der Waals surface area (Å²) in [6.45, 7) is 4.57. The number of nitrogens with zero attached hydrogens (tertiary/aromatic N) is 1. The summed E-state index contributed by atoms with van der Waals surface area (Å²) in [4.78, 5) is 16.4. The van der Waals surface area contributed by atoms with E-state index < -0.39 is 0 Å². The number of nitrogens with two attached hydrogens (primary N) is 1. The molecule has 1 aromatic heterocycles. The van der Waals surface area contributed by atoms with Crippen LogP contribution < -0.4 is 11.1 Å². The molecule has 102 valence electrons. The Kier molecular flexibility index (Phi) is 4.50. The zero-order valence-corrected chi connectivity index (χ0v) is 12.0. The summed E-state index contributed by atoms with van der Waals surface area (Å²) < 4.78 is 1.07. The van der Waals surface area contributed by atoms with Gasteiger partial charge in [-0.2, -0.15) is 0 Å². The summed E-state index contributed by atoms with van der Waals surface area (Å²) in [5, 5.41) is 2.94. The third kappa shape index (κ3) is 3.52. The molecule has 1 amide bonds. The second-order valence-electron chi connectivity index (χ2n) is 5.09. The standard InChI is InChI=1S/C14H19N3OS/c1-9(2)5-10(7-15)14(18)17-11-3-4-12-13(6-11)19-8-16-12/h3-4,6,8-10H,5,7,15H2,1-2H3,(H,17,18). The Labute approximate surface area is 117 Å². The lowest BCUT2D eigenvalue weighted by Gasteiger charge is -2.16. The van der Waals surface area contributed by atoms with Crippen molar-refractivity contribution in [1.29, 1.82) is 0 Å². The van der Waals surface area contributed by atoms with Crippen molar-refractivity contribution in [3.05, 3.63) is 23.7 Å². The second-order valence-corrected chi connectivity index (χ2v) is 5.97. The molecule has 0 aliphatic heterocycles. The molecule has 2 rings (SSSR count). The van der Waals surface area contributed by atoms with E-state index in [4.69, 9.17) is 5.73 Å². The van der Waals surface area contributed by atoms with Crippen LogP contribution in [0.2, 0.25) is 0 Å². The average molecular weight is 277 g/mol. The predicted molar refractivity (Wildman–Crippen MR) is 80.2 cm³/mol.